The standard InChI is InChI=1S/C32H41N7O10/c1-19(41)35-28-30(43)29(42)27(17-40)49-32(28)48-8-7-39-16-24(37-38-39)20-5-4-6-21(13-20)36-31-22-14-25(46-11-9-44-2)26(47-12-10-45-3)15-23(22)33-18-34-31/h4-6,13-16,18,27-30,32,40,42-43H,7-12,17H2,1-3H3,(H,35,41)(H,33,34,36). The van der Waals surface area contributed by atoms with Crippen molar-refractivity contribution in [2.24, 2.45) is 0 Å². The summed E-state index contributed by atoms with van der Waals surface area (Å²) in [6.07, 6.45) is -1.75. The lowest BCUT2D eigenvalue weighted by Gasteiger charge is -2.42. The number of nitrogens with zero attached hydrogens (tertiary/aromatic N) is 5. The van der Waals surface area contributed by atoms with E-state index < -0.39 is 43.2 Å². The molecular formula is C32H41N7O10. The highest BCUT2D eigenvalue weighted by Crippen LogP contribution is 2.35. The molecule has 0 aliphatic carbocycles. The molecular weight excluding hydrogens is 642 g/mol. The fraction of sp³-hybridized carbons (Fsp3) is 0.469. The molecule has 5 N–H and O–H groups in total. The summed E-state index contributed by atoms with van der Waals surface area (Å²) in [4.78, 5) is 20.6. The summed E-state index contributed by atoms with van der Waals surface area (Å²) < 4.78 is 35.1. The molecule has 1 amide bonds. The Labute approximate surface area is 282 Å². The Balaban J connectivity index is 1.27. The molecule has 2 aromatic heterocycles. The van der Waals surface area contributed by atoms with Crippen molar-refractivity contribution in [1.82, 2.24) is 30.3 Å². The molecule has 0 bridgehead atoms. The molecule has 1 saturated heterocycles. The molecule has 2 aromatic carbocycles. The van der Waals surface area contributed by atoms with E-state index in [4.69, 9.17) is 28.4 Å². The number of aliphatic hydroxyl groups is 3. The number of ether oxygens (including phenoxy) is 6. The van der Waals surface area contributed by atoms with Gasteiger partial charge in [-0.2, -0.15) is 0 Å². The van der Waals surface area contributed by atoms with Gasteiger partial charge >= 0.3 is 0 Å². The van der Waals surface area contributed by atoms with Crippen LogP contribution in [0.1, 0.15) is 6.92 Å². The van der Waals surface area contributed by atoms with Gasteiger partial charge in [0.2, 0.25) is 5.91 Å². The fourth-order valence-corrected chi connectivity index (χ4v) is 5.17. The monoisotopic (exact) mass is 683 g/mol. The van der Waals surface area contributed by atoms with Gasteiger partial charge < -0.3 is 54.4 Å². The Bertz CT molecular complexity index is 1670. The third-order valence-corrected chi connectivity index (χ3v) is 7.60. The largest absolute Gasteiger partial charge is 0.487 e. The van der Waals surface area contributed by atoms with Crippen LogP contribution < -0.4 is 20.1 Å². The molecule has 5 rings (SSSR count). The molecule has 1 aliphatic heterocycles. The normalized spacial score (nSPS) is 20.7. The van der Waals surface area contributed by atoms with Crippen LogP contribution >= 0.6 is 0 Å². The molecule has 5 atom stereocenters. The molecule has 5 unspecified atom stereocenters. The van der Waals surface area contributed by atoms with E-state index in [1.807, 2.05) is 30.3 Å². The van der Waals surface area contributed by atoms with Crippen LogP contribution in [-0.4, -0.2) is 131 Å². The van der Waals surface area contributed by atoms with Gasteiger partial charge in [-0.25, -0.2) is 14.6 Å². The van der Waals surface area contributed by atoms with Crippen molar-refractivity contribution in [2.75, 3.05) is 59.2 Å². The second kappa shape index (κ2) is 17.3. The number of hydrogen-bond donors (Lipinski definition) is 5. The lowest BCUT2D eigenvalue weighted by molar-refractivity contribution is -0.270. The number of fused-ring (bicyclic) bond motifs is 1. The first kappa shape index (κ1) is 35.8. The number of nitrogens with one attached hydrogen (secondary N) is 2. The summed E-state index contributed by atoms with van der Waals surface area (Å²) >= 11 is 0. The summed E-state index contributed by atoms with van der Waals surface area (Å²) in [5.74, 6) is 1.18. The van der Waals surface area contributed by atoms with Crippen LogP contribution in [-0.2, 0) is 30.3 Å². The quantitative estimate of drug-likeness (QED) is 0.0966. The van der Waals surface area contributed by atoms with E-state index in [1.165, 1.54) is 13.3 Å². The summed E-state index contributed by atoms with van der Waals surface area (Å²) in [5, 5.41) is 45.3. The van der Waals surface area contributed by atoms with Crippen LogP contribution in [0, 0.1) is 0 Å². The van der Waals surface area contributed by atoms with Crippen molar-refractivity contribution in [3.8, 4) is 22.8 Å². The van der Waals surface area contributed by atoms with Crippen LogP contribution in [0.3, 0.4) is 0 Å². The number of aliphatic hydroxyl groups excluding tert-OH is 3. The second-order valence-electron chi connectivity index (χ2n) is 11.1. The molecule has 0 saturated carbocycles. The van der Waals surface area contributed by atoms with E-state index in [2.05, 4.69) is 30.9 Å². The van der Waals surface area contributed by atoms with Crippen molar-refractivity contribution in [3.05, 3.63) is 48.9 Å². The fourth-order valence-electron chi connectivity index (χ4n) is 5.17. The van der Waals surface area contributed by atoms with Crippen LogP contribution in [0.5, 0.6) is 11.5 Å². The maximum Gasteiger partial charge on any atom is 0.217 e. The molecule has 264 valence electrons. The minimum absolute atomic E-state index is 0.0726. The SMILES string of the molecule is COCCOc1cc2ncnc(Nc3cccc(-c4cn(CCOC5OC(CO)C(O)C(O)C5NC(C)=O)nn4)c3)c2cc1OCCOC. The van der Waals surface area contributed by atoms with Crippen molar-refractivity contribution in [2.45, 2.75) is 44.1 Å². The first-order chi connectivity index (χ1) is 23.8. The van der Waals surface area contributed by atoms with Crippen LogP contribution in [0.2, 0.25) is 0 Å². The van der Waals surface area contributed by atoms with Gasteiger partial charge in [-0.05, 0) is 18.2 Å². The summed E-state index contributed by atoms with van der Waals surface area (Å²) in [5.41, 5.74) is 2.80. The Kier molecular flexibility index (Phi) is 12.6. The zero-order valence-corrected chi connectivity index (χ0v) is 27.4. The van der Waals surface area contributed by atoms with Gasteiger partial charge in [-0.1, -0.05) is 17.3 Å². The van der Waals surface area contributed by atoms with E-state index in [-0.39, 0.29) is 13.2 Å². The van der Waals surface area contributed by atoms with Gasteiger partial charge in [0.05, 0.1) is 44.7 Å². The Morgan fingerprint density at radius 3 is 2.45 bits per heavy atom. The second-order valence-corrected chi connectivity index (χ2v) is 11.1. The van der Waals surface area contributed by atoms with Gasteiger partial charge in [0, 0.05) is 43.8 Å². The van der Waals surface area contributed by atoms with Crippen LogP contribution in [0.25, 0.3) is 22.2 Å². The average Bonchev–Trinajstić information content (AvgIpc) is 3.57. The van der Waals surface area contributed by atoms with Crippen molar-refractivity contribution in [3.63, 3.8) is 0 Å². The number of methoxy groups -OCH3 is 2. The Morgan fingerprint density at radius 1 is 0.980 bits per heavy atom. The van der Waals surface area contributed by atoms with Crippen molar-refractivity contribution < 1.29 is 48.5 Å². The van der Waals surface area contributed by atoms with Crippen LogP contribution in [0.15, 0.2) is 48.9 Å². The first-order valence-electron chi connectivity index (χ1n) is 15.6. The molecule has 0 spiro atoms. The van der Waals surface area contributed by atoms with E-state index in [0.29, 0.717) is 55.0 Å². The van der Waals surface area contributed by atoms with E-state index >= 15 is 0 Å². The molecule has 17 heteroatoms. The topological polar surface area (TPSA) is 214 Å². The zero-order valence-electron chi connectivity index (χ0n) is 27.4. The first-order valence-corrected chi connectivity index (χ1v) is 15.6. The zero-order chi connectivity index (χ0) is 34.8. The number of carbonyl (C=O) groups is 1. The third-order valence-electron chi connectivity index (χ3n) is 7.60. The minimum Gasteiger partial charge on any atom is -0.487 e. The maximum atomic E-state index is 11.7. The molecule has 17 nitrogen and oxygen atoms in total. The van der Waals surface area contributed by atoms with Crippen molar-refractivity contribution >= 4 is 28.3 Å². The average molecular weight is 684 g/mol. The van der Waals surface area contributed by atoms with Gasteiger partial charge in [0.25, 0.3) is 0 Å². The molecule has 4 aromatic rings. The summed E-state index contributed by atoms with van der Waals surface area (Å²) in [6, 6.07) is 10.2. The van der Waals surface area contributed by atoms with Gasteiger partial charge in [0.15, 0.2) is 17.8 Å². The number of aromatic nitrogens is 5. The highest BCUT2D eigenvalue weighted by molar-refractivity contribution is 5.93. The number of carbonyl (C=O) groups excluding carboxylic acids is 1. The molecule has 3 heterocycles. The van der Waals surface area contributed by atoms with E-state index in [9.17, 15) is 20.1 Å². The molecule has 1 aliphatic rings. The number of anilines is 2. The van der Waals surface area contributed by atoms with Gasteiger partial charge in [0.1, 0.15) is 55.4 Å². The summed E-state index contributed by atoms with van der Waals surface area (Å²) in [6.45, 7) is 2.58. The maximum absolute atomic E-state index is 11.7. The molecule has 49 heavy (non-hydrogen) atoms. The minimum atomic E-state index is -1.40. The van der Waals surface area contributed by atoms with Crippen molar-refractivity contribution in [1.29, 1.82) is 0 Å². The molecule has 0 radical (unpaired) electrons. The van der Waals surface area contributed by atoms with E-state index in [0.717, 1.165) is 16.6 Å². The smallest absolute Gasteiger partial charge is 0.217 e. The van der Waals surface area contributed by atoms with Gasteiger partial charge in [-0.3, -0.25) is 4.79 Å². The van der Waals surface area contributed by atoms with Crippen LogP contribution in [0.4, 0.5) is 11.5 Å². The highest BCUT2D eigenvalue weighted by Gasteiger charge is 2.45. The highest BCUT2D eigenvalue weighted by atomic mass is 16.7. The number of benzene rings is 2. The van der Waals surface area contributed by atoms with E-state index in [1.54, 1.807) is 31.2 Å². The predicted molar refractivity (Wildman–Crippen MR) is 174 cm³/mol. The lowest BCUT2D eigenvalue weighted by Crippen LogP contribution is -2.64. The number of amides is 1. The van der Waals surface area contributed by atoms with Gasteiger partial charge in [-0.15, -0.1) is 5.10 Å². The Morgan fingerprint density at radius 2 is 1.73 bits per heavy atom. The lowest BCUT2D eigenvalue weighted by atomic mass is 9.97. The predicted octanol–water partition coefficient (Wildman–Crippen LogP) is 0.643. The number of rotatable bonds is 17. The third kappa shape index (κ3) is 9.15. The Hall–Kier alpha value is -4.49. The summed E-state index contributed by atoms with van der Waals surface area (Å²) in [7, 11) is 3.21. The molecule has 1 fully saturated rings. The number of hydrogen-bond acceptors (Lipinski definition) is 15.